The van der Waals surface area contributed by atoms with Crippen LogP contribution in [-0.4, -0.2) is 4.90 Å². The zero-order chi connectivity index (χ0) is 8.27. The Balaban J connectivity index is 2.82. The van der Waals surface area contributed by atoms with Gasteiger partial charge in [0.2, 0.25) is 0 Å². The highest BCUT2D eigenvalue weighted by Crippen LogP contribution is 2.13. The number of nitrogens with zero attached hydrogens (tertiary/aromatic N) is 1. The standard InChI is InChI=1S/C9H12N2/c1-3-9(10)11-7-5-4-6-8(11)2/h3-7H,2,10H2,1H3/b9-3-. The summed E-state index contributed by atoms with van der Waals surface area (Å²) in [5.41, 5.74) is 6.57. The first-order chi connectivity index (χ1) is 5.25. The van der Waals surface area contributed by atoms with E-state index in [9.17, 15) is 0 Å². The van der Waals surface area contributed by atoms with E-state index in [1.165, 1.54) is 0 Å². The lowest BCUT2D eigenvalue weighted by Gasteiger charge is -2.22. The molecule has 2 N–H and O–H groups in total. The van der Waals surface area contributed by atoms with Gasteiger partial charge in [0.05, 0.1) is 0 Å². The Morgan fingerprint density at radius 3 is 2.91 bits per heavy atom. The SMILES string of the molecule is C=C1C=CC=CN1/C(N)=C\C. The molecule has 0 atom stereocenters. The highest BCUT2D eigenvalue weighted by molar-refractivity contribution is 5.29. The van der Waals surface area contributed by atoms with E-state index in [1.54, 1.807) is 0 Å². The normalized spacial score (nSPS) is 17.7. The molecule has 0 saturated heterocycles. The van der Waals surface area contributed by atoms with Crippen molar-refractivity contribution in [1.29, 1.82) is 0 Å². The Morgan fingerprint density at radius 2 is 2.36 bits per heavy atom. The molecule has 1 heterocycles. The third-order valence-electron chi connectivity index (χ3n) is 1.52. The van der Waals surface area contributed by atoms with Crippen LogP contribution < -0.4 is 5.73 Å². The highest BCUT2D eigenvalue weighted by atomic mass is 15.2. The van der Waals surface area contributed by atoms with Gasteiger partial charge in [0.25, 0.3) is 0 Å². The number of nitrogens with two attached hydrogens (primary N) is 1. The van der Waals surface area contributed by atoms with E-state index in [2.05, 4.69) is 6.58 Å². The third-order valence-corrected chi connectivity index (χ3v) is 1.52. The summed E-state index contributed by atoms with van der Waals surface area (Å²) in [6, 6.07) is 0. The van der Waals surface area contributed by atoms with Crippen LogP contribution in [0.15, 0.2) is 48.6 Å². The predicted octanol–water partition coefficient (Wildman–Crippen LogP) is 1.71. The quantitative estimate of drug-likeness (QED) is 0.613. The predicted molar refractivity (Wildman–Crippen MR) is 47.2 cm³/mol. The topological polar surface area (TPSA) is 29.3 Å². The fourth-order valence-electron chi connectivity index (χ4n) is 0.869. The Hall–Kier alpha value is -1.44. The second-order valence-electron chi connectivity index (χ2n) is 2.28. The molecule has 0 radical (unpaired) electrons. The molecule has 0 fully saturated rings. The fraction of sp³-hybridized carbons (Fsp3) is 0.111. The van der Waals surface area contributed by atoms with Crippen molar-refractivity contribution in [3.05, 3.63) is 48.6 Å². The van der Waals surface area contributed by atoms with Crippen molar-refractivity contribution in [3.63, 3.8) is 0 Å². The van der Waals surface area contributed by atoms with Crippen LogP contribution in [0, 0.1) is 0 Å². The molecule has 1 rings (SSSR count). The molecule has 0 unspecified atom stereocenters. The van der Waals surface area contributed by atoms with Gasteiger partial charge in [-0.15, -0.1) is 0 Å². The average Bonchev–Trinajstić information content (AvgIpc) is 2.04. The van der Waals surface area contributed by atoms with E-state index >= 15 is 0 Å². The fourth-order valence-corrected chi connectivity index (χ4v) is 0.869. The van der Waals surface area contributed by atoms with E-state index in [0.717, 1.165) is 5.70 Å². The molecule has 0 aliphatic carbocycles. The molecule has 1 aliphatic heterocycles. The Labute approximate surface area is 67.0 Å². The second-order valence-corrected chi connectivity index (χ2v) is 2.28. The summed E-state index contributed by atoms with van der Waals surface area (Å²) < 4.78 is 0. The van der Waals surface area contributed by atoms with Crippen molar-refractivity contribution in [2.45, 2.75) is 6.92 Å². The van der Waals surface area contributed by atoms with Crippen molar-refractivity contribution in [2.75, 3.05) is 0 Å². The van der Waals surface area contributed by atoms with Gasteiger partial charge >= 0.3 is 0 Å². The smallest absolute Gasteiger partial charge is 0.103 e. The molecule has 0 saturated carbocycles. The van der Waals surface area contributed by atoms with Gasteiger partial charge in [-0.1, -0.05) is 12.7 Å². The minimum absolute atomic E-state index is 0.704. The van der Waals surface area contributed by atoms with Gasteiger partial charge in [0.15, 0.2) is 0 Å². The summed E-state index contributed by atoms with van der Waals surface area (Å²) in [5, 5.41) is 0. The highest BCUT2D eigenvalue weighted by Gasteiger charge is 2.04. The van der Waals surface area contributed by atoms with Crippen LogP contribution >= 0.6 is 0 Å². The first-order valence-electron chi connectivity index (χ1n) is 3.50. The van der Waals surface area contributed by atoms with E-state index in [-0.39, 0.29) is 0 Å². The summed E-state index contributed by atoms with van der Waals surface area (Å²) in [4.78, 5) is 1.83. The van der Waals surface area contributed by atoms with Crippen LogP contribution in [0.2, 0.25) is 0 Å². The molecule has 0 spiro atoms. The average molecular weight is 148 g/mol. The number of hydrogen-bond donors (Lipinski definition) is 1. The Morgan fingerprint density at radius 1 is 1.64 bits per heavy atom. The van der Waals surface area contributed by atoms with Crippen LogP contribution in [0.5, 0.6) is 0 Å². The molecule has 11 heavy (non-hydrogen) atoms. The minimum atomic E-state index is 0.704. The van der Waals surface area contributed by atoms with Gasteiger partial charge in [0.1, 0.15) is 5.82 Å². The zero-order valence-electron chi connectivity index (χ0n) is 6.62. The van der Waals surface area contributed by atoms with Crippen LogP contribution in [0.4, 0.5) is 0 Å². The minimum Gasteiger partial charge on any atom is -0.385 e. The molecule has 58 valence electrons. The van der Waals surface area contributed by atoms with Gasteiger partial charge < -0.3 is 10.6 Å². The first-order valence-corrected chi connectivity index (χ1v) is 3.50. The Kier molecular flexibility index (Phi) is 2.16. The molecule has 0 amide bonds. The van der Waals surface area contributed by atoms with Crippen LogP contribution in [0.25, 0.3) is 0 Å². The van der Waals surface area contributed by atoms with Crippen molar-refractivity contribution >= 4 is 0 Å². The molecular formula is C9H12N2. The largest absolute Gasteiger partial charge is 0.385 e. The van der Waals surface area contributed by atoms with E-state index < -0.39 is 0 Å². The molecule has 0 aromatic rings. The molecule has 1 aliphatic rings. The van der Waals surface area contributed by atoms with Crippen molar-refractivity contribution in [1.82, 2.24) is 4.90 Å². The molecule has 2 heteroatoms. The van der Waals surface area contributed by atoms with Gasteiger partial charge in [0, 0.05) is 11.9 Å². The third kappa shape index (κ3) is 1.52. The van der Waals surface area contributed by atoms with Crippen LogP contribution in [0.3, 0.4) is 0 Å². The van der Waals surface area contributed by atoms with Crippen LogP contribution in [0.1, 0.15) is 6.92 Å². The summed E-state index contributed by atoms with van der Waals surface area (Å²) in [7, 11) is 0. The lowest BCUT2D eigenvalue weighted by molar-refractivity contribution is 0.581. The zero-order valence-corrected chi connectivity index (χ0v) is 6.62. The molecule has 2 nitrogen and oxygen atoms in total. The monoisotopic (exact) mass is 148 g/mol. The number of allylic oxidation sites excluding steroid dienone is 4. The molecule has 0 aromatic carbocycles. The first kappa shape index (κ1) is 7.66. The summed E-state index contributed by atoms with van der Waals surface area (Å²) in [6.45, 7) is 5.73. The second kappa shape index (κ2) is 3.10. The lowest BCUT2D eigenvalue weighted by atomic mass is 10.3. The van der Waals surface area contributed by atoms with Gasteiger partial charge in [-0.3, -0.25) is 0 Å². The maximum Gasteiger partial charge on any atom is 0.103 e. The number of hydrogen-bond acceptors (Lipinski definition) is 2. The maximum absolute atomic E-state index is 5.68. The van der Waals surface area contributed by atoms with Crippen molar-refractivity contribution in [3.8, 4) is 0 Å². The molecule has 0 aromatic heterocycles. The van der Waals surface area contributed by atoms with Crippen LogP contribution in [-0.2, 0) is 0 Å². The van der Waals surface area contributed by atoms with Crippen molar-refractivity contribution < 1.29 is 0 Å². The maximum atomic E-state index is 5.68. The summed E-state index contributed by atoms with van der Waals surface area (Å²) in [5.74, 6) is 0.704. The number of rotatable bonds is 1. The van der Waals surface area contributed by atoms with Gasteiger partial charge in [-0.05, 0) is 25.2 Å². The summed E-state index contributed by atoms with van der Waals surface area (Å²) in [6.07, 6.45) is 9.50. The summed E-state index contributed by atoms with van der Waals surface area (Å²) >= 11 is 0. The van der Waals surface area contributed by atoms with E-state index in [4.69, 9.17) is 5.73 Å². The van der Waals surface area contributed by atoms with Gasteiger partial charge in [-0.2, -0.15) is 0 Å². The van der Waals surface area contributed by atoms with Crippen molar-refractivity contribution in [2.24, 2.45) is 5.73 Å². The molecular weight excluding hydrogens is 136 g/mol. The van der Waals surface area contributed by atoms with E-state index in [1.807, 2.05) is 42.3 Å². The molecule has 0 bridgehead atoms. The Bertz CT molecular complexity index is 244. The van der Waals surface area contributed by atoms with E-state index in [0.29, 0.717) is 5.82 Å². The van der Waals surface area contributed by atoms with Gasteiger partial charge in [-0.25, -0.2) is 0 Å². The lowest BCUT2D eigenvalue weighted by Crippen LogP contribution is -2.21.